The molecule has 0 bridgehead atoms. The molecule has 2 N–H and O–H groups in total. The van der Waals surface area contributed by atoms with Gasteiger partial charge in [0.1, 0.15) is 6.54 Å². The van der Waals surface area contributed by atoms with E-state index in [0.717, 1.165) is 29.9 Å². The number of carbonyl (C=O) groups excluding carboxylic acids is 2. The second-order valence-electron chi connectivity index (χ2n) is 6.34. The third-order valence-corrected chi connectivity index (χ3v) is 4.61. The number of carbonyl (C=O) groups is 2. The number of nitrogens with one attached hydrogen (secondary N) is 2. The summed E-state index contributed by atoms with van der Waals surface area (Å²) in [6.07, 6.45) is 4.37. The van der Waals surface area contributed by atoms with Gasteiger partial charge in [0.25, 0.3) is 11.5 Å². The largest absolute Gasteiger partial charge is 0.454 e. The maximum Gasteiger partial charge on any atom is 0.328 e. The van der Waals surface area contributed by atoms with Crippen LogP contribution in [0.25, 0.3) is 0 Å². The highest BCUT2D eigenvalue weighted by atomic mass is 16.5. The summed E-state index contributed by atoms with van der Waals surface area (Å²) in [5.41, 5.74) is -1.24. The van der Waals surface area contributed by atoms with Crippen LogP contribution in [-0.2, 0) is 20.9 Å². The van der Waals surface area contributed by atoms with Crippen LogP contribution in [0.4, 0.5) is 0 Å². The standard InChI is InChI=1S/C16H23N3O5/c1-10-4-3-5-12(11(10)2)17-14(21)9-24-15(22)8-19-7-6-13(20)18-16(19)23/h6-7,10-12H,3-5,8-9H2,1-2H3,(H,17,21)(H,18,20,23)/t10-,11-,12-/m1/s1. The van der Waals surface area contributed by atoms with E-state index in [-0.39, 0.29) is 25.1 Å². The molecule has 8 heteroatoms. The van der Waals surface area contributed by atoms with Gasteiger partial charge in [-0.25, -0.2) is 4.79 Å². The molecule has 24 heavy (non-hydrogen) atoms. The first-order valence-electron chi connectivity index (χ1n) is 8.11. The fourth-order valence-corrected chi connectivity index (χ4v) is 2.93. The molecule has 2 rings (SSSR count). The van der Waals surface area contributed by atoms with Crippen molar-refractivity contribution in [2.75, 3.05) is 6.61 Å². The number of aromatic nitrogens is 2. The van der Waals surface area contributed by atoms with E-state index in [1.165, 1.54) is 6.20 Å². The van der Waals surface area contributed by atoms with Gasteiger partial charge in [0, 0.05) is 18.3 Å². The third kappa shape index (κ3) is 4.81. The first-order chi connectivity index (χ1) is 11.4. The van der Waals surface area contributed by atoms with Gasteiger partial charge in [0.05, 0.1) is 0 Å². The molecule has 1 aromatic rings. The molecule has 132 valence electrons. The Hall–Kier alpha value is -2.38. The lowest BCUT2D eigenvalue weighted by molar-refractivity contribution is -0.149. The van der Waals surface area contributed by atoms with Gasteiger partial charge in [0.2, 0.25) is 0 Å². The lowest BCUT2D eigenvalue weighted by Gasteiger charge is -2.34. The number of rotatable bonds is 5. The van der Waals surface area contributed by atoms with Crippen molar-refractivity contribution >= 4 is 11.9 Å². The van der Waals surface area contributed by atoms with Gasteiger partial charge in [-0.15, -0.1) is 0 Å². The molecule has 1 fully saturated rings. The Kier molecular flexibility index (Phi) is 5.94. The van der Waals surface area contributed by atoms with Gasteiger partial charge in [-0.2, -0.15) is 0 Å². The first kappa shape index (κ1) is 18.0. The average molecular weight is 337 g/mol. The van der Waals surface area contributed by atoms with Crippen LogP contribution in [0.2, 0.25) is 0 Å². The monoisotopic (exact) mass is 337 g/mol. The summed E-state index contributed by atoms with van der Waals surface area (Å²) >= 11 is 0. The zero-order chi connectivity index (χ0) is 17.7. The highest BCUT2D eigenvalue weighted by Gasteiger charge is 2.28. The number of nitrogens with zero attached hydrogens (tertiary/aromatic N) is 1. The summed E-state index contributed by atoms with van der Waals surface area (Å²) in [7, 11) is 0. The molecule has 0 saturated heterocycles. The molecule has 1 amide bonds. The number of esters is 1. The van der Waals surface area contributed by atoms with E-state index in [4.69, 9.17) is 4.74 Å². The van der Waals surface area contributed by atoms with E-state index in [1.807, 2.05) is 4.98 Å². The molecule has 1 aliphatic rings. The molecule has 1 aliphatic carbocycles. The SMILES string of the molecule is C[C@@H]1[C@H](C)CCC[C@H]1NC(=O)COC(=O)Cn1ccc(=O)[nH]c1=O. The van der Waals surface area contributed by atoms with Crippen LogP contribution in [0.5, 0.6) is 0 Å². The number of aromatic amines is 1. The van der Waals surface area contributed by atoms with Gasteiger partial charge in [-0.3, -0.25) is 23.9 Å². The van der Waals surface area contributed by atoms with Crippen molar-refractivity contribution in [3.63, 3.8) is 0 Å². The minimum Gasteiger partial charge on any atom is -0.454 e. The summed E-state index contributed by atoms with van der Waals surface area (Å²) in [6.45, 7) is 3.54. The van der Waals surface area contributed by atoms with E-state index in [1.54, 1.807) is 0 Å². The molecule has 1 aromatic heterocycles. The second-order valence-corrected chi connectivity index (χ2v) is 6.34. The molecule has 8 nitrogen and oxygen atoms in total. The maximum absolute atomic E-state index is 11.9. The summed E-state index contributed by atoms with van der Waals surface area (Å²) in [6, 6.07) is 1.23. The Balaban J connectivity index is 1.79. The van der Waals surface area contributed by atoms with Crippen molar-refractivity contribution in [1.29, 1.82) is 0 Å². The molecule has 0 aliphatic heterocycles. The topological polar surface area (TPSA) is 110 Å². The predicted octanol–water partition coefficient (Wildman–Crippen LogP) is 0.0207. The fourth-order valence-electron chi connectivity index (χ4n) is 2.93. The van der Waals surface area contributed by atoms with Crippen LogP contribution in [0.1, 0.15) is 33.1 Å². The predicted molar refractivity (Wildman–Crippen MR) is 86.4 cm³/mol. The third-order valence-electron chi connectivity index (χ3n) is 4.61. The van der Waals surface area contributed by atoms with Crippen molar-refractivity contribution in [1.82, 2.24) is 14.9 Å². The van der Waals surface area contributed by atoms with Crippen molar-refractivity contribution in [3.8, 4) is 0 Å². The molecule has 0 spiro atoms. The van der Waals surface area contributed by atoms with Crippen LogP contribution in [0.3, 0.4) is 0 Å². The molecule has 3 atom stereocenters. The van der Waals surface area contributed by atoms with E-state index < -0.39 is 17.2 Å². The first-order valence-corrected chi connectivity index (χ1v) is 8.11. The number of H-pyrrole nitrogens is 1. The zero-order valence-corrected chi connectivity index (χ0v) is 13.9. The number of hydrogen-bond donors (Lipinski definition) is 2. The Morgan fingerprint density at radius 1 is 1.33 bits per heavy atom. The lowest BCUT2D eigenvalue weighted by Crippen LogP contribution is -2.45. The normalized spacial score (nSPS) is 23.5. The summed E-state index contributed by atoms with van der Waals surface area (Å²) in [5.74, 6) is -0.121. The number of hydrogen-bond acceptors (Lipinski definition) is 5. The van der Waals surface area contributed by atoms with Gasteiger partial charge in [0.15, 0.2) is 6.61 Å². The fraction of sp³-hybridized carbons (Fsp3) is 0.625. The maximum atomic E-state index is 11.9. The molecular formula is C16H23N3O5. The van der Waals surface area contributed by atoms with Gasteiger partial charge < -0.3 is 10.1 Å². The van der Waals surface area contributed by atoms with E-state index in [0.29, 0.717) is 11.8 Å². The van der Waals surface area contributed by atoms with E-state index in [2.05, 4.69) is 19.2 Å². The van der Waals surface area contributed by atoms with Gasteiger partial charge >= 0.3 is 11.7 Å². The minimum atomic E-state index is -0.718. The van der Waals surface area contributed by atoms with Crippen LogP contribution in [0, 0.1) is 11.8 Å². The van der Waals surface area contributed by atoms with Gasteiger partial charge in [-0.1, -0.05) is 26.7 Å². The van der Waals surface area contributed by atoms with Crippen molar-refractivity contribution in [2.45, 2.75) is 45.7 Å². The molecule has 0 radical (unpaired) electrons. The summed E-state index contributed by atoms with van der Waals surface area (Å²) < 4.78 is 5.90. The Labute approximate surface area is 139 Å². The highest BCUT2D eigenvalue weighted by molar-refractivity contribution is 5.80. The highest BCUT2D eigenvalue weighted by Crippen LogP contribution is 2.29. The van der Waals surface area contributed by atoms with E-state index in [9.17, 15) is 19.2 Å². The summed E-state index contributed by atoms with van der Waals surface area (Å²) in [5, 5.41) is 2.90. The second kappa shape index (κ2) is 7.94. The summed E-state index contributed by atoms with van der Waals surface area (Å²) in [4.78, 5) is 48.1. The van der Waals surface area contributed by atoms with Crippen molar-refractivity contribution in [3.05, 3.63) is 33.1 Å². The molecular weight excluding hydrogens is 314 g/mol. The van der Waals surface area contributed by atoms with Crippen molar-refractivity contribution < 1.29 is 14.3 Å². The minimum absolute atomic E-state index is 0.0989. The average Bonchev–Trinajstić information content (AvgIpc) is 2.53. The molecule has 0 unspecified atom stereocenters. The Bertz CT molecular complexity index is 708. The van der Waals surface area contributed by atoms with E-state index >= 15 is 0 Å². The Morgan fingerprint density at radius 2 is 2.08 bits per heavy atom. The Morgan fingerprint density at radius 3 is 2.79 bits per heavy atom. The zero-order valence-electron chi connectivity index (χ0n) is 13.9. The van der Waals surface area contributed by atoms with Gasteiger partial charge in [-0.05, 0) is 18.3 Å². The number of amides is 1. The van der Waals surface area contributed by atoms with Crippen LogP contribution < -0.4 is 16.6 Å². The van der Waals surface area contributed by atoms with Crippen molar-refractivity contribution in [2.24, 2.45) is 11.8 Å². The lowest BCUT2D eigenvalue weighted by atomic mass is 9.78. The van der Waals surface area contributed by atoms with Crippen LogP contribution in [-0.4, -0.2) is 34.1 Å². The van der Waals surface area contributed by atoms with Crippen LogP contribution >= 0.6 is 0 Å². The number of ether oxygens (including phenoxy) is 1. The molecule has 1 heterocycles. The van der Waals surface area contributed by atoms with Crippen LogP contribution in [0.15, 0.2) is 21.9 Å². The smallest absolute Gasteiger partial charge is 0.328 e. The molecule has 1 saturated carbocycles. The quantitative estimate of drug-likeness (QED) is 0.736. The molecule has 0 aromatic carbocycles.